The molecule has 7 nitrogen and oxygen atoms in total. The van der Waals surface area contributed by atoms with Crippen LogP contribution in [-0.4, -0.2) is 56.2 Å². The number of nitrogens with two attached hydrogens (primary N) is 1. The van der Waals surface area contributed by atoms with E-state index in [1.807, 2.05) is 6.92 Å². The molecule has 0 radical (unpaired) electrons. The maximum absolute atomic E-state index is 13.1. The van der Waals surface area contributed by atoms with Gasteiger partial charge in [0.15, 0.2) is 0 Å². The second kappa shape index (κ2) is 7.75. The molecule has 1 aliphatic rings. The summed E-state index contributed by atoms with van der Waals surface area (Å²) in [5.41, 5.74) is 1.45. The summed E-state index contributed by atoms with van der Waals surface area (Å²) >= 11 is 0. The summed E-state index contributed by atoms with van der Waals surface area (Å²) in [6.45, 7) is 6.31. The molecule has 26 heavy (non-hydrogen) atoms. The Morgan fingerprint density at radius 1 is 1.27 bits per heavy atom. The standard InChI is InChI=1S/C18H27N3O4S/c1-5-6-7-15-18(23)20(4)8-9-21(15)17(22)14-10-12(2)13(3)16(11-14)26(19,24)25/h10-11,15H,5-9H2,1-4H3,(H2,19,24,25)/t15-/m1/s1. The number of carbonyl (C=O) groups is 2. The van der Waals surface area contributed by atoms with Gasteiger partial charge in [-0.05, 0) is 43.5 Å². The fourth-order valence-corrected chi connectivity index (χ4v) is 4.12. The topological polar surface area (TPSA) is 101 Å². The third kappa shape index (κ3) is 4.07. The first-order valence-electron chi connectivity index (χ1n) is 8.78. The largest absolute Gasteiger partial charge is 0.342 e. The zero-order chi connectivity index (χ0) is 19.6. The third-order valence-corrected chi connectivity index (χ3v) is 6.02. The number of benzene rings is 1. The van der Waals surface area contributed by atoms with Gasteiger partial charge in [0.1, 0.15) is 6.04 Å². The van der Waals surface area contributed by atoms with Gasteiger partial charge in [-0.1, -0.05) is 19.8 Å². The first-order valence-corrected chi connectivity index (χ1v) is 10.3. The van der Waals surface area contributed by atoms with E-state index < -0.39 is 16.1 Å². The monoisotopic (exact) mass is 381 g/mol. The van der Waals surface area contributed by atoms with Crippen LogP contribution in [0.1, 0.15) is 47.7 Å². The van der Waals surface area contributed by atoms with Crippen molar-refractivity contribution in [3.05, 3.63) is 28.8 Å². The van der Waals surface area contributed by atoms with Crippen LogP contribution in [0.15, 0.2) is 17.0 Å². The van der Waals surface area contributed by atoms with E-state index in [0.717, 1.165) is 12.8 Å². The normalized spacial score (nSPS) is 18.3. The van der Waals surface area contributed by atoms with Gasteiger partial charge >= 0.3 is 0 Å². The molecular weight excluding hydrogens is 354 g/mol. The van der Waals surface area contributed by atoms with Crippen LogP contribution < -0.4 is 5.14 Å². The van der Waals surface area contributed by atoms with Crippen molar-refractivity contribution in [2.45, 2.75) is 51.0 Å². The highest BCUT2D eigenvalue weighted by Crippen LogP contribution is 2.24. The van der Waals surface area contributed by atoms with E-state index in [2.05, 4.69) is 0 Å². The summed E-state index contributed by atoms with van der Waals surface area (Å²) in [6.07, 6.45) is 2.36. The average Bonchev–Trinajstić information content (AvgIpc) is 2.56. The number of carbonyl (C=O) groups excluding carboxylic acids is 2. The molecule has 1 saturated heterocycles. The SMILES string of the molecule is CCCC[C@@H]1C(=O)N(C)CCN1C(=O)c1cc(C)c(C)c(S(N)(=O)=O)c1. The molecule has 1 atom stereocenters. The Morgan fingerprint density at radius 2 is 1.92 bits per heavy atom. The van der Waals surface area contributed by atoms with Crippen molar-refractivity contribution >= 4 is 21.8 Å². The van der Waals surface area contributed by atoms with Crippen molar-refractivity contribution < 1.29 is 18.0 Å². The van der Waals surface area contributed by atoms with Gasteiger partial charge in [0.25, 0.3) is 5.91 Å². The number of primary sulfonamides is 1. The lowest BCUT2D eigenvalue weighted by molar-refractivity contribution is -0.138. The number of piperazine rings is 1. The Kier molecular flexibility index (Phi) is 6.08. The predicted octanol–water partition coefficient (Wildman–Crippen LogP) is 1.42. The molecule has 2 amide bonds. The summed E-state index contributed by atoms with van der Waals surface area (Å²) in [4.78, 5) is 28.8. The third-order valence-electron chi connectivity index (χ3n) is 4.98. The molecule has 1 aromatic rings. The van der Waals surface area contributed by atoms with Crippen LogP contribution in [-0.2, 0) is 14.8 Å². The number of aryl methyl sites for hydroxylation is 1. The lowest BCUT2D eigenvalue weighted by Gasteiger charge is -2.39. The first kappa shape index (κ1) is 20.4. The second-order valence-electron chi connectivity index (χ2n) is 6.88. The molecule has 0 unspecified atom stereocenters. The molecular formula is C18H27N3O4S. The highest BCUT2D eigenvalue weighted by molar-refractivity contribution is 7.89. The molecule has 0 spiro atoms. The molecule has 0 bridgehead atoms. The summed E-state index contributed by atoms with van der Waals surface area (Å²) in [5.74, 6) is -0.408. The van der Waals surface area contributed by atoms with Crippen LogP contribution in [0, 0.1) is 13.8 Å². The van der Waals surface area contributed by atoms with Crippen molar-refractivity contribution in [1.29, 1.82) is 0 Å². The lowest BCUT2D eigenvalue weighted by Crippen LogP contribution is -2.57. The van der Waals surface area contributed by atoms with Crippen molar-refractivity contribution in [3.63, 3.8) is 0 Å². The number of nitrogens with zero attached hydrogens (tertiary/aromatic N) is 2. The summed E-state index contributed by atoms with van der Waals surface area (Å²) in [7, 11) is -2.20. The van der Waals surface area contributed by atoms with Crippen LogP contribution in [0.5, 0.6) is 0 Å². The van der Waals surface area contributed by atoms with E-state index in [0.29, 0.717) is 30.6 Å². The summed E-state index contributed by atoms with van der Waals surface area (Å²) in [5, 5.41) is 5.29. The van der Waals surface area contributed by atoms with Gasteiger partial charge in [0, 0.05) is 25.7 Å². The second-order valence-corrected chi connectivity index (χ2v) is 8.41. The molecule has 2 rings (SSSR count). The summed E-state index contributed by atoms with van der Waals surface area (Å²) in [6, 6.07) is 2.46. The number of sulfonamides is 1. The van der Waals surface area contributed by atoms with Gasteiger partial charge in [-0.15, -0.1) is 0 Å². The van der Waals surface area contributed by atoms with Gasteiger partial charge in [0.2, 0.25) is 15.9 Å². The van der Waals surface area contributed by atoms with Crippen LogP contribution in [0.2, 0.25) is 0 Å². The summed E-state index contributed by atoms with van der Waals surface area (Å²) < 4.78 is 23.7. The van der Waals surface area contributed by atoms with Gasteiger partial charge in [0.05, 0.1) is 4.90 Å². The number of amides is 2. The van der Waals surface area contributed by atoms with Crippen molar-refractivity contribution in [3.8, 4) is 0 Å². The highest BCUT2D eigenvalue weighted by Gasteiger charge is 2.36. The lowest BCUT2D eigenvalue weighted by atomic mass is 10.0. The van der Waals surface area contributed by atoms with Crippen LogP contribution in [0.25, 0.3) is 0 Å². The first-order chi connectivity index (χ1) is 12.1. The van der Waals surface area contributed by atoms with Crippen LogP contribution >= 0.6 is 0 Å². The van der Waals surface area contributed by atoms with Gasteiger partial charge in [-0.2, -0.15) is 0 Å². The molecule has 1 fully saturated rings. The fraction of sp³-hybridized carbons (Fsp3) is 0.556. The van der Waals surface area contributed by atoms with Crippen molar-refractivity contribution in [1.82, 2.24) is 9.80 Å². The molecule has 2 N–H and O–H groups in total. The molecule has 0 aromatic heterocycles. The number of hydrogen-bond donors (Lipinski definition) is 1. The Labute approximate surface area is 155 Å². The van der Waals surface area contributed by atoms with E-state index in [9.17, 15) is 18.0 Å². The fourth-order valence-electron chi connectivity index (χ4n) is 3.24. The Balaban J connectivity index is 2.43. The molecule has 1 aliphatic heterocycles. The predicted molar refractivity (Wildman–Crippen MR) is 99.3 cm³/mol. The van der Waals surface area contributed by atoms with E-state index in [1.165, 1.54) is 6.07 Å². The van der Waals surface area contributed by atoms with Gasteiger partial charge in [-0.25, -0.2) is 13.6 Å². The zero-order valence-electron chi connectivity index (χ0n) is 15.8. The van der Waals surface area contributed by atoms with E-state index in [1.54, 1.807) is 36.8 Å². The number of likely N-dealkylation sites (N-methyl/N-ethyl adjacent to an activating group) is 1. The molecule has 0 aliphatic carbocycles. The Hall–Kier alpha value is -1.93. The minimum absolute atomic E-state index is 0.0496. The smallest absolute Gasteiger partial charge is 0.254 e. The maximum atomic E-state index is 13.1. The molecule has 1 aromatic carbocycles. The van der Waals surface area contributed by atoms with Crippen molar-refractivity contribution in [2.75, 3.05) is 20.1 Å². The van der Waals surface area contributed by atoms with Crippen molar-refractivity contribution in [2.24, 2.45) is 5.14 Å². The molecule has 1 heterocycles. The number of rotatable bonds is 5. The van der Waals surface area contributed by atoms with E-state index in [4.69, 9.17) is 5.14 Å². The molecule has 144 valence electrons. The van der Waals surface area contributed by atoms with Gasteiger partial charge in [-0.3, -0.25) is 9.59 Å². The quantitative estimate of drug-likeness (QED) is 0.833. The molecule has 8 heteroatoms. The minimum atomic E-state index is -3.94. The van der Waals surface area contributed by atoms with Crippen LogP contribution in [0.3, 0.4) is 0 Å². The maximum Gasteiger partial charge on any atom is 0.254 e. The molecule has 0 saturated carbocycles. The Morgan fingerprint density at radius 3 is 2.50 bits per heavy atom. The average molecular weight is 381 g/mol. The van der Waals surface area contributed by atoms with Gasteiger partial charge < -0.3 is 9.80 Å². The zero-order valence-corrected chi connectivity index (χ0v) is 16.6. The minimum Gasteiger partial charge on any atom is -0.342 e. The van der Waals surface area contributed by atoms with E-state index >= 15 is 0 Å². The highest BCUT2D eigenvalue weighted by atomic mass is 32.2. The Bertz CT molecular complexity index is 820. The van der Waals surface area contributed by atoms with Crippen LogP contribution in [0.4, 0.5) is 0 Å². The van der Waals surface area contributed by atoms with E-state index in [-0.39, 0.29) is 22.3 Å². The number of hydrogen-bond acceptors (Lipinski definition) is 4. The number of unbranched alkanes of at least 4 members (excludes halogenated alkanes) is 1.